The second-order valence-electron chi connectivity index (χ2n) is 6.92. The molecule has 26 heavy (non-hydrogen) atoms. The summed E-state index contributed by atoms with van der Waals surface area (Å²) in [6.07, 6.45) is 1.50. The molecule has 0 aliphatic rings. The highest BCUT2D eigenvalue weighted by atomic mass is 32.2. The van der Waals surface area contributed by atoms with E-state index in [-0.39, 0.29) is 9.62 Å². The van der Waals surface area contributed by atoms with Gasteiger partial charge in [-0.25, -0.2) is 13.4 Å². The average Bonchev–Trinajstić information content (AvgIpc) is 3.12. The molecule has 0 atom stereocenters. The van der Waals surface area contributed by atoms with Crippen LogP contribution in [0.1, 0.15) is 26.3 Å². The Morgan fingerprint density at radius 1 is 0.962 bits per heavy atom. The number of anilines is 3. The molecule has 136 valence electrons. The van der Waals surface area contributed by atoms with Gasteiger partial charge in [0.15, 0.2) is 0 Å². The Bertz CT molecular complexity index is 957. The molecule has 7 heteroatoms. The first-order chi connectivity index (χ1) is 12.2. The van der Waals surface area contributed by atoms with Crippen LogP contribution >= 0.6 is 11.3 Å². The maximum Gasteiger partial charge on any atom is 0.271 e. The van der Waals surface area contributed by atoms with Gasteiger partial charge in [0, 0.05) is 5.69 Å². The largest absolute Gasteiger partial charge is 0.340 e. The van der Waals surface area contributed by atoms with Gasteiger partial charge in [-0.1, -0.05) is 39.0 Å². The van der Waals surface area contributed by atoms with E-state index in [2.05, 4.69) is 47.9 Å². The van der Waals surface area contributed by atoms with Crippen molar-refractivity contribution in [2.24, 2.45) is 0 Å². The van der Waals surface area contributed by atoms with Crippen molar-refractivity contribution in [1.29, 1.82) is 0 Å². The van der Waals surface area contributed by atoms with Crippen molar-refractivity contribution in [3.05, 3.63) is 65.7 Å². The lowest BCUT2D eigenvalue weighted by molar-refractivity contribution is 0.590. The molecule has 2 N–H and O–H groups in total. The Morgan fingerprint density at radius 2 is 1.65 bits per heavy atom. The predicted molar refractivity (Wildman–Crippen MR) is 108 cm³/mol. The quantitative estimate of drug-likeness (QED) is 0.647. The van der Waals surface area contributed by atoms with Crippen molar-refractivity contribution in [3.8, 4) is 0 Å². The standard InChI is InChI=1S/C19H21N3O2S2/c1-19(2,3)14-6-8-15(9-7-14)21-17-11-10-16(13-20-17)22-26(23,24)18-5-4-12-25-18/h4-13,22H,1-3H3,(H,20,21). The Balaban J connectivity index is 1.68. The zero-order valence-electron chi connectivity index (χ0n) is 14.9. The van der Waals surface area contributed by atoms with E-state index in [0.29, 0.717) is 11.5 Å². The predicted octanol–water partition coefficient (Wildman–Crippen LogP) is 4.99. The molecule has 5 nitrogen and oxygen atoms in total. The number of pyridine rings is 1. The smallest absolute Gasteiger partial charge is 0.271 e. The summed E-state index contributed by atoms with van der Waals surface area (Å²) in [5, 5.41) is 4.94. The van der Waals surface area contributed by atoms with E-state index in [4.69, 9.17) is 0 Å². The lowest BCUT2D eigenvalue weighted by Gasteiger charge is -2.19. The second kappa shape index (κ2) is 7.09. The van der Waals surface area contributed by atoms with Gasteiger partial charge in [0.25, 0.3) is 10.0 Å². The maximum atomic E-state index is 12.2. The summed E-state index contributed by atoms with van der Waals surface area (Å²) in [4.78, 5) is 4.28. The molecule has 0 saturated carbocycles. The van der Waals surface area contributed by atoms with Crippen molar-refractivity contribution < 1.29 is 8.42 Å². The maximum absolute atomic E-state index is 12.2. The third kappa shape index (κ3) is 4.42. The normalized spacial score (nSPS) is 12.0. The minimum absolute atomic E-state index is 0.109. The number of nitrogens with one attached hydrogen (secondary N) is 2. The molecule has 0 unspecified atom stereocenters. The van der Waals surface area contributed by atoms with Crippen LogP contribution in [-0.4, -0.2) is 13.4 Å². The van der Waals surface area contributed by atoms with Crippen LogP contribution in [0.15, 0.2) is 64.3 Å². The van der Waals surface area contributed by atoms with Gasteiger partial charge in [-0.15, -0.1) is 11.3 Å². The van der Waals surface area contributed by atoms with Crippen molar-refractivity contribution in [3.63, 3.8) is 0 Å². The van der Waals surface area contributed by atoms with Crippen LogP contribution in [0.5, 0.6) is 0 Å². The number of benzene rings is 1. The van der Waals surface area contributed by atoms with Gasteiger partial charge in [-0.3, -0.25) is 4.72 Å². The topological polar surface area (TPSA) is 71.1 Å². The fourth-order valence-electron chi connectivity index (χ4n) is 2.35. The lowest BCUT2D eigenvalue weighted by atomic mass is 9.87. The molecule has 1 aromatic carbocycles. The summed E-state index contributed by atoms with van der Waals surface area (Å²) in [6, 6.07) is 14.9. The van der Waals surface area contributed by atoms with Crippen LogP contribution < -0.4 is 10.0 Å². The van der Waals surface area contributed by atoms with E-state index in [1.165, 1.54) is 23.1 Å². The van der Waals surface area contributed by atoms with Crippen LogP contribution in [0.2, 0.25) is 0 Å². The Kier molecular flexibility index (Phi) is 5.02. The number of hydrogen-bond acceptors (Lipinski definition) is 5. The van der Waals surface area contributed by atoms with Gasteiger partial charge in [-0.2, -0.15) is 0 Å². The fourth-order valence-corrected chi connectivity index (χ4v) is 4.39. The first-order valence-electron chi connectivity index (χ1n) is 8.14. The van der Waals surface area contributed by atoms with Gasteiger partial charge in [0.1, 0.15) is 10.0 Å². The molecule has 2 heterocycles. The highest BCUT2D eigenvalue weighted by Gasteiger charge is 2.15. The van der Waals surface area contributed by atoms with Gasteiger partial charge in [0.05, 0.1) is 11.9 Å². The zero-order chi connectivity index (χ0) is 18.8. The van der Waals surface area contributed by atoms with Crippen LogP contribution in [-0.2, 0) is 15.4 Å². The molecule has 0 saturated heterocycles. The molecule has 0 fully saturated rings. The summed E-state index contributed by atoms with van der Waals surface area (Å²) in [5.41, 5.74) is 2.72. The molecular weight excluding hydrogens is 366 g/mol. The van der Waals surface area contributed by atoms with Gasteiger partial charge < -0.3 is 5.32 Å². The third-order valence-corrected chi connectivity index (χ3v) is 6.58. The van der Waals surface area contributed by atoms with Crippen molar-refractivity contribution in [2.45, 2.75) is 30.4 Å². The SMILES string of the molecule is CC(C)(C)c1ccc(Nc2ccc(NS(=O)(=O)c3cccs3)cn2)cc1. The summed E-state index contributed by atoms with van der Waals surface area (Å²) in [5.74, 6) is 0.646. The van der Waals surface area contributed by atoms with Crippen LogP contribution in [0.4, 0.5) is 17.2 Å². The molecule has 3 aromatic rings. The number of aromatic nitrogens is 1. The summed E-state index contributed by atoms with van der Waals surface area (Å²) in [7, 11) is -3.55. The van der Waals surface area contributed by atoms with Gasteiger partial charge in [-0.05, 0) is 46.7 Å². The molecule has 2 aromatic heterocycles. The number of rotatable bonds is 5. The summed E-state index contributed by atoms with van der Waals surface area (Å²) in [6.45, 7) is 6.52. The number of nitrogens with zero attached hydrogens (tertiary/aromatic N) is 1. The van der Waals surface area contributed by atoms with E-state index in [9.17, 15) is 8.42 Å². The van der Waals surface area contributed by atoms with Crippen LogP contribution in [0, 0.1) is 0 Å². The molecule has 0 spiro atoms. The van der Waals surface area contributed by atoms with Gasteiger partial charge in [0.2, 0.25) is 0 Å². The van der Waals surface area contributed by atoms with E-state index < -0.39 is 10.0 Å². The first kappa shape index (κ1) is 18.4. The fraction of sp³-hybridized carbons (Fsp3) is 0.211. The Morgan fingerprint density at radius 3 is 2.19 bits per heavy atom. The molecule has 3 rings (SSSR count). The minimum atomic E-state index is -3.55. The number of thiophene rings is 1. The highest BCUT2D eigenvalue weighted by molar-refractivity contribution is 7.94. The van der Waals surface area contributed by atoms with Crippen LogP contribution in [0.25, 0.3) is 0 Å². The summed E-state index contributed by atoms with van der Waals surface area (Å²) < 4.78 is 27.2. The highest BCUT2D eigenvalue weighted by Crippen LogP contribution is 2.25. The molecule has 0 amide bonds. The monoisotopic (exact) mass is 387 g/mol. The average molecular weight is 388 g/mol. The molecule has 0 aliphatic heterocycles. The van der Waals surface area contributed by atoms with Crippen molar-refractivity contribution in [2.75, 3.05) is 10.0 Å². The first-order valence-corrected chi connectivity index (χ1v) is 10.5. The number of sulfonamides is 1. The second-order valence-corrected chi connectivity index (χ2v) is 9.78. The van der Waals surface area contributed by atoms with Gasteiger partial charge >= 0.3 is 0 Å². The van der Waals surface area contributed by atoms with Crippen molar-refractivity contribution >= 4 is 38.6 Å². The zero-order valence-corrected chi connectivity index (χ0v) is 16.5. The minimum Gasteiger partial charge on any atom is -0.340 e. The van der Waals surface area contributed by atoms with Crippen molar-refractivity contribution in [1.82, 2.24) is 4.98 Å². The molecule has 0 radical (unpaired) electrons. The lowest BCUT2D eigenvalue weighted by Crippen LogP contribution is -2.11. The van der Waals surface area contributed by atoms with E-state index in [1.54, 1.807) is 29.6 Å². The van der Waals surface area contributed by atoms with E-state index in [0.717, 1.165) is 5.69 Å². The Labute approximate surface area is 158 Å². The van der Waals surface area contributed by atoms with Crippen LogP contribution in [0.3, 0.4) is 0 Å². The summed E-state index contributed by atoms with van der Waals surface area (Å²) >= 11 is 1.17. The molecule has 0 bridgehead atoms. The van der Waals surface area contributed by atoms with E-state index >= 15 is 0 Å². The Hall–Kier alpha value is -2.38. The molecule has 0 aliphatic carbocycles. The third-order valence-electron chi connectivity index (χ3n) is 3.80. The van der Waals surface area contributed by atoms with E-state index in [1.807, 2.05) is 12.1 Å². The number of hydrogen-bond donors (Lipinski definition) is 2. The molecular formula is C19H21N3O2S2.